The summed E-state index contributed by atoms with van der Waals surface area (Å²) in [5, 5.41) is 7.10. The highest BCUT2D eigenvalue weighted by Crippen LogP contribution is 2.49. The Hall–Kier alpha value is -9.81. The number of allylic oxidation sites excluding steroid dienone is 4. The fourth-order valence-electron chi connectivity index (χ4n) is 12.2. The van der Waals surface area contributed by atoms with E-state index in [0.29, 0.717) is 0 Å². The normalized spacial score (nSPS) is 11.8. The van der Waals surface area contributed by atoms with Gasteiger partial charge in [0.2, 0.25) is 0 Å². The molecule has 0 amide bonds. The van der Waals surface area contributed by atoms with E-state index in [9.17, 15) is 0 Å². The summed E-state index contributed by atoms with van der Waals surface area (Å²) in [6.07, 6.45) is 6.33. The maximum Gasteiger partial charge on any atom is 0.0546 e. The molecule has 0 aromatic heterocycles. The molecule has 0 aliphatic carbocycles. The lowest BCUT2D eigenvalue weighted by atomic mass is 9.93. The highest BCUT2D eigenvalue weighted by molar-refractivity contribution is 14.1. The van der Waals surface area contributed by atoms with Crippen LogP contribution in [0.3, 0.4) is 0 Å². The van der Waals surface area contributed by atoms with Gasteiger partial charge in [-0.25, -0.2) is 0 Å². The highest BCUT2D eigenvalue weighted by atomic mass is 127. The molecule has 0 heterocycles. The summed E-state index contributed by atoms with van der Waals surface area (Å²) in [6.45, 7) is 13.1. The van der Waals surface area contributed by atoms with E-state index in [1.165, 1.54) is 105 Å². The van der Waals surface area contributed by atoms with E-state index in [-0.39, 0.29) is 0 Å². The van der Waals surface area contributed by atoms with Crippen molar-refractivity contribution in [2.45, 2.75) is 27.7 Å². The zero-order valence-corrected chi connectivity index (χ0v) is 50.4. The van der Waals surface area contributed by atoms with E-state index in [1.54, 1.807) is 0 Å². The summed E-state index contributed by atoms with van der Waals surface area (Å²) in [5.74, 6) is 0. The van der Waals surface area contributed by atoms with Crippen LogP contribution in [0.25, 0.3) is 86.0 Å². The van der Waals surface area contributed by atoms with Crippen molar-refractivity contribution >= 4 is 98.2 Å². The van der Waals surface area contributed by atoms with Gasteiger partial charge in [0.1, 0.15) is 0 Å². The van der Waals surface area contributed by atoms with Gasteiger partial charge in [0.05, 0.1) is 11.4 Å². The standard InChI is InChI=1S/C82H63IN2/c1-6-59(41-46-78(83)69-26-18-25-68(52-69)61-21-11-8-12-22-61)62-37-42-70(43-38-62)84(79-47-31-55(2)49-57(79)4)81-53-76-73-28-14-16-30-75(73)82(54-77(76)72-27-13-15-29-74(72)81)85(80-48-32-56(3)50-58(80)5)71-44-39-64(40-45-71)63-33-35-65(36-34-63)67-24-17-23-66(51-67)60-19-9-7-10-20-60/h6-54H,1H2,2-5H3/b59-41+,78-46-. The van der Waals surface area contributed by atoms with Crippen LogP contribution in [0, 0.1) is 27.7 Å². The Kier molecular flexibility index (Phi) is 15.3. The largest absolute Gasteiger partial charge is 0.310 e. The molecule has 13 rings (SSSR count). The Bertz CT molecular complexity index is 4690. The monoisotopic (exact) mass is 1200 g/mol. The number of halogens is 1. The van der Waals surface area contributed by atoms with Gasteiger partial charge in [0.15, 0.2) is 0 Å². The van der Waals surface area contributed by atoms with Crippen LogP contribution >= 0.6 is 22.6 Å². The minimum absolute atomic E-state index is 1.05. The molecule has 0 atom stereocenters. The molecule has 408 valence electrons. The van der Waals surface area contributed by atoms with Crippen molar-refractivity contribution in [1.29, 1.82) is 0 Å². The number of hydrogen-bond acceptors (Lipinski definition) is 2. The molecule has 13 aromatic carbocycles. The molecule has 0 fully saturated rings. The molecule has 0 aliphatic heterocycles. The highest BCUT2D eigenvalue weighted by Gasteiger charge is 2.24. The first-order chi connectivity index (χ1) is 41.6. The van der Waals surface area contributed by atoms with E-state index < -0.39 is 0 Å². The Labute approximate surface area is 513 Å². The van der Waals surface area contributed by atoms with Gasteiger partial charge in [-0.05, 0) is 211 Å². The van der Waals surface area contributed by atoms with Crippen LogP contribution in [0.5, 0.6) is 0 Å². The number of fused-ring (bicyclic) bond motifs is 5. The molecule has 0 unspecified atom stereocenters. The summed E-state index contributed by atoms with van der Waals surface area (Å²) >= 11 is 2.45. The average molecular weight is 1200 g/mol. The second kappa shape index (κ2) is 23.8. The second-order valence-corrected chi connectivity index (χ2v) is 23.3. The molecule has 0 N–H and O–H groups in total. The maximum absolute atomic E-state index is 4.28. The van der Waals surface area contributed by atoms with Crippen molar-refractivity contribution < 1.29 is 0 Å². The van der Waals surface area contributed by atoms with Crippen molar-refractivity contribution in [1.82, 2.24) is 0 Å². The number of aryl methyl sites for hydroxylation is 4. The molecule has 0 radical (unpaired) electrons. The Balaban J connectivity index is 0.897. The maximum atomic E-state index is 4.28. The summed E-state index contributed by atoms with van der Waals surface area (Å²) in [7, 11) is 0. The van der Waals surface area contributed by atoms with E-state index in [1.807, 2.05) is 6.08 Å². The summed E-state index contributed by atoms with van der Waals surface area (Å²) in [4.78, 5) is 4.94. The van der Waals surface area contributed by atoms with E-state index in [2.05, 4.69) is 358 Å². The van der Waals surface area contributed by atoms with E-state index in [4.69, 9.17) is 0 Å². The molecule has 0 saturated carbocycles. The van der Waals surface area contributed by atoms with Gasteiger partial charge in [0, 0.05) is 37.1 Å². The molecular formula is C82H63IN2. The molecule has 85 heavy (non-hydrogen) atoms. The van der Waals surface area contributed by atoms with Gasteiger partial charge in [-0.3, -0.25) is 0 Å². The number of nitrogens with zero attached hydrogens (tertiary/aromatic N) is 2. The number of anilines is 6. The fraction of sp³-hybridized carbons (Fsp3) is 0.0488. The third kappa shape index (κ3) is 11.0. The number of hydrogen-bond donors (Lipinski definition) is 0. The molecule has 2 nitrogen and oxygen atoms in total. The first-order valence-corrected chi connectivity index (χ1v) is 30.2. The lowest BCUT2D eigenvalue weighted by Gasteiger charge is -2.31. The molecule has 13 aromatic rings. The molecule has 0 saturated heterocycles. The average Bonchev–Trinajstić information content (AvgIpc) is 1.32. The Morgan fingerprint density at radius 3 is 1.16 bits per heavy atom. The first-order valence-electron chi connectivity index (χ1n) is 29.1. The van der Waals surface area contributed by atoms with Crippen LogP contribution in [0.2, 0.25) is 0 Å². The predicted molar refractivity (Wildman–Crippen MR) is 376 cm³/mol. The minimum Gasteiger partial charge on any atom is -0.310 e. The second-order valence-electron chi connectivity index (χ2n) is 22.1. The molecular weight excluding hydrogens is 1140 g/mol. The van der Waals surface area contributed by atoms with Gasteiger partial charge in [-0.1, -0.05) is 248 Å². The van der Waals surface area contributed by atoms with E-state index >= 15 is 0 Å². The summed E-state index contributed by atoms with van der Waals surface area (Å²) in [5.41, 5.74) is 24.5. The van der Waals surface area contributed by atoms with Crippen LogP contribution in [-0.4, -0.2) is 0 Å². The van der Waals surface area contributed by atoms with Crippen molar-refractivity contribution in [3.8, 4) is 44.5 Å². The van der Waals surface area contributed by atoms with Gasteiger partial charge >= 0.3 is 0 Å². The minimum atomic E-state index is 1.05. The summed E-state index contributed by atoms with van der Waals surface area (Å²) in [6, 6.07) is 102. The van der Waals surface area contributed by atoms with Gasteiger partial charge < -0.3 is 9.80 Å². The number of rotatable bonds is 14. The van der Waals surface area contributed by atoms with Crippen molar-refractivity contribution in [2.24, 2.45) is 0 Å². The third-order valence-corrected chi connectivity index (χ3v) is 17.5. The zero-order chi connectivity index (χ0) is 58.0. The molecule has 0 bridgehead atoms. The number of benzene rings is 13. The van der Waals surface area contributed by atoms with Crippen molar-refractivity contribution in [3.63, 3.8) is 0 Å². The van der Waals surface area contributed by atoms with Crippen molar-refractivity contribution in [2.75, 3.05) is 9.80 Å². The van der Waals surface area contributed by atoms with Crippen LogP contribution in [0.15, 0.2) is 304 Å². The van der Waals surface area contributed by atoms with E-state index in [0.717, 1.165) is 48.8 Å². The first kappa shape index (κ1) is 54.4. The fourth-order valence-corrected chi connectivity index (χ4v) is 12.7. The van der Waals surface area contributed by atoms with Gasteiger partial charge in [0.25, 0.3) is 0 Å². The lowest BCUT2D eigenvalue weighted by Crippen LogP contribution is -2.13. The van der Waals surface area contributed by atoms with Crippen LogP contribution < -0.4 is 9.80 Å². The van der Waals surface area contributed by atoms with Gasteiger partial charge in [-0.15, -0.1) is 0 Å². The zero-order valence-electron chi connectivity index (χ0n) is 48.3. The SMILES string of the molecule is C=C/C(=C\C=C(/I)c1cccc(-c2ccccc2)c1)c1ccc(N(c2ccc(C)cc2C)c2cc3c4ccccc4c(N(c4ccc(-c5ccc(-c6cccc(-c7ccccc7)c6)cc5)cc4)c4ccc(C)cc4C)cc3c3ccccc23)cc1. The van der Waals surface area contributed by atoms with Crippen LogP contribution in [0.1, 0.15) is 33.4 Å². The topological polar surface area (TPSA) is 6.48 Å². The smallest absolute Gasteiger partial charge is 0.0546 e. The summed E-state index contributed by atoms with van der Waals surface area (Å²) < 4.78 is 1.15. The molecule has 0 aliphatic rings. The van der Waals surface area contributed by atoms with Crippen LogP contribution in [0.4, 0.5) is 34.1 Å². The van der Waals surface area contributed by atoms with Crippen LogP contribution in [-0.2, 0) is 0 Å². The molecule has 0 spiro atoms. The predicted octanol–water partition coefficient (Wildman–Crippen LogP) is 24.0. The lowest BCUT2D eigenvalue weighted by molar-refractivity contribution is 1.25. The van der Waals surface area contributed by atoms with Gasteiger partial charge in [-0.2, -0.15) is 0 Å². The Morgan fingerprint density at radius 1 is 0.306 bits per heavy atom. The quantitative estimate of drug-likeness (QED) is 0.0608. The Morgan fingerprint density at radius 2 is 0.694 bits per heavy atom. The van der Waals surface area contributed by atoms with Crippen molar-refractivity contribution in [3.05, 3.63) is 337 Å². The third-order valence-electron chi connectivity index (χ3n) is 16.5. The molecule has 3 heteroatoms.